The topological polar surface area (TPSA) is 45.2 Å². The van der Waals surface area contributed by atoms with Crippen LogP contribution in [0.15, 0.2) is 11.6 Å². The molecule has 0 spiro atoms. The van der Waals surface area contributed by atoms with Crippen LogP contribution in [0.1, 0.15) is 24.0 Å². The molecule has 2 unspecified atom stereocenters. The molecule has 0 radical (unpaired) electrons. The van der Waals surface area contributed by atoms with Crippen molar-refractivity contribution in [1.29, 1.82) is 0 Å². The van der Waals surface area contributed by atoms with Gasteiger partial charge < -0.3 is 10.4 Å². The normalized spacial score (nSPS) is 25.9. The molecule has 0 saturated carbocycles. The maximum atomic E-state index is 9.79. The van der Waals surface area contributed by atoms with Crippen molar-refractivity contribution >= 4 is 11.3 Å². The second kappa shape index (κ2) is 3.51. The molecule has 1 aliphatic rings. The zero-order valence-corrected chi connectivity index (χ0v) is 7.55. The van der Waals surface area contributed by atoms with E-state index in [-0.39, 0.29) is 6.04 Å². The third kappa shape index (κ3) is 1.50. The van der Waals surface area contributed by atoms with Crippen LogP contribution in [0.3, 0.4) is 0 Å². The Hall–Kier alpha value is -0.450. The molecule has 2 N–H and O–H groups in total. The fraction of sp³-hybridized carbons (Fsp3) is 0.625. The van der Waals surface area contributed by atoms with Gasteiger partial charge >= 0.3 is 0 Å². The molecular formula is C8H12N2OS. The number of aliphatic hydroxyl groups excluding tert-OH is 1. The molecule has 0 bridgehead atoms. The maximum absolute atomic E-state index is 9.79. The first kappa shape index (κ1) is 8.16. The molecule has 0 aromatic carbocycles. The molecule has 66 valence electrons. The standard InChI is InChI=1S/C8H12N2OS/c11-7(6-2-1-3-9-6)8-10-4-5-12-8/h4-7,9,11H,1-3H2. The molecule has 4 heteroatoms. The number of hydrogen-bond acceptors (Lipinski definition) is 4. The van der Waals surface area contributed by atoms with E-state index in [4.69, 9.17) is 0 Å². The molecular weight excluding hydrogens is 172 g/mol. The second-order valence-electron chi connectivity index (χ2n) is 3.02. The monoisotopic (exact) mass is 184 g/mol. The summed E-state index contributed by atoms with van der Waals surface area (Å²) >= 11 is 1.52. The van der Waals surface area contributed by atoms with Crippen LogP contribution < -0.4 is 5.32 Å². The van der Waals surface area contributed by atoms with Gasteiger partial charge in [-0.25, -0.2) is 4.98 Å². The summed E-state index contributed by atoms with van der Waals surface area (Å²) in [5.74, 6) is 0. The summed E-state index contributed by atoms with van der Waals surface area (Å²) in [6, 6.07) is 0.219. The van der Waals surface area contributed by atoms with Gasteiger partial charge in [0.2, 0.25) is 0 Å². The average Bonchev–Trinajstić information content (AvgIpc) is 2.77. The van der Waals surface area contributed by atoms with Crippen molar-refractivity contribution in [2.75, 3.05) is 6.54 Å². The van der Waals surface area contributed by atoms with E-state index in [9.17, 15) is 5.11 Å². The van der Waals surface area contributed by atoms with Crippen LogP contribution in [0, 0.1) is 0 Å². The largest absolute Gasteiger partial charge is 0.384 e. The summed E-state index contributed by atoms with van der Waals surface area (Å²) in [4.78, 5) is 4.09. The van der Waals surface area contributed by atoms with Gasteiger partial charge in [-0.2, -0.15) is 0 Å². The van der Waals surface area contributed by atoms with E-state index in [2.05, 4.69) is 10.3 Å². The lowest BCUT2D eigenvalue weighted by Gasteiger charge is -2.15. The van der Waals surface area contributed by atoms with Gasteiger partial charge in [0.05, 0.1) is 0 Å². The predicted octanol–water partition coefficient (Wildman–Crippen LogP) is 0.929. The third-order valence-corrected chi connectivity index (χ3v) is 3.03. The third-order valence-electron chi connectivity index (χ3n) is 2.18. The summed E-state index contributed by atoms with van der Waals surface area (Å²) in [6.07, 6.45) is 3.54. The van der Waals surface area contributed by atoms with Gasteiger partial charge in [-0.1, -0.05) is 0 Å². The minimum absolute atomic E-state index is 0.219. The van der Waals surface area contributed by atoms with Crippen LogP contribution >= 0.6 is 11.3 Å². The first-order valence-corrected chi connectivity index (χ1v) is 5.07. The first-order chi connectivity index (χ1) is 5.88. The van der Waals surface area contributed by atoms with Crippen molar-refractivity contribution < 1.29 is 5.11 Å². The van der Waals surface area contributed by atoms with Gasteiger partial charge in [-0.3, -0.25) is 0 Å². The number of rotatable bonds is 2. The van der Waals surface area contributed by atoms with Gasteiger partial charge in [-0.15, -0.1) is 11.3 Å². The molecule has 12 heavy (non-hydrogen) atoms. The smallest absolute Gasteiger partial charge is 0.123 e. The van der Waals surface area contributed by atoms with E-state index in [0.717, 1.165) is 24.4 Å². The Morgan fingerprint density at radius 2 is 2.67 bits per heavy atom. The number of hydrogen-bond donors (Lipinski definition) is 2. The predicted molar refractivity (Wildman–Crippen MR) is 48.1 cm³/mol. The van der Waals surface area contributed by atoms with Crippen LogP contribution in [0.2, 0.25) is 0 Å². The molecule has 3 nitrogen and oxygen atoms in total. The molecule has 2 heterocycles. The first-order valence-electron chi connectivity index (χ1n) is 4.19. The van der Waals surface area contributed by atoms with Gasteiger partial charge in [0.15, 0.2) is 0 Å². The highest BCUT2D eigenvalue weighted by Crippen LogP contribution is 2.23. The quantitative estimate of drug-likeness (QED) is 0.718. The van der Waals surface area contributed by atoms with E-state index in [1.807, 2.05) is 5.38 Å². The fourth-order valence-electron chi connectivity index (χ4n) is 1.53. The van der Waals surface area contributed by atoms with Crippen LogP contribution in [0.5, 0.6) is 0 Å². The Balaban J connectivity index is 2.04. The van der Waals surface area contributed by atoms with Crippen LogP contribution in [0.25, 0.3) is 0 Å². The highest BCUT2D eigenvalue weighted by molar-refractivity contribution is 7.09. The van der Waals surface area contributed by atoms with Crippen molar-refractivity contribution in [3.63, 3.8) is 0 Å². The van der Waals surface area contributed by atoms with Crippen LogP contribution in [-0.4, -0.2) is 22.7 Å². The lowest BCUT2D eigenvalue weighted by molar-refractivity contribution is 0.137. The Labute approximate surface area is 75.5 Å². The van der Waals surface area contributed by atoms with Crippen molar-refractivity contribution in [3.8, 4) is 0 Å². The molecule has 1 aromatic heterocycles. The molecule has 2 atom stereocenters. The number of thiazole rings is 1. The summed E-state index contributed by atoms with van der Waals surface area (Å²) < 4.78 is 0. The van der Waals surface area contributed by atoms with Crippen LogP contribution in [-0.2, 0) is 0 Å². The molecule has 0 amide bonds. The van der Waals surface area contributed by atoms with Gasteiger partial charge in [0, 0.05) is 17.6 Å². The van der Waals surface area contributed by atoms with Crippen molar-refractivity contribution in [1.82, 2.24) is 10.3 Å². The zero-order chi connectivity index (χ0) is 8.39. The molecule has 1 fully saturated rings. The SMILES string of the molecule is OC(c1nccs1)C1CCCN1. The number of aromatic nitrogens is 1. The fourth-order valence-corrected chi connectivity index (χ4v) is 2.22. The molecule has 0 aliphatic carbocycles. The van der Waals surface area contributed by atoms with E-state index in [0.29, 0.717) is 0 Å². The lowest BCUT2D eigenvalue weighted by Crippen LogP contribution is -2.28. The van der Waals surface area contributed by atoms with Crippen molar-refractivity contribution in [3.05, 3.63) is 16.6 Å². The maximum Gasteiger partial charge on any atom is 0.123 e. The Morgan fingerprint density at radius 1 is 1.75 bits per heavy atom. The Bertz CT molecular complexity index is 231. The average molecular weight is 184 g/mol. The molecule has 2 rings (SSSR count). The zero-order valence-electron chi connectivity index (χ0n) is 6.73. The molecule has 1 saturated heterocycles. The molecule has 1 aromatic rings. The highest BCUT2D eigenvalue weighted by atomic mass is 32.1. The number of nitrogens with one attached hydrogen (secondary N) is 1. The highest BCUT2D eigenvalue weighted by Gasteiger charge is 2.25. The summed E-state index contributed by atoms with van der Waals surface area (Å²) in [6.45, 7) is 1.02. The summed E-state index contributed by atoms with van der Waals surface area (Å²) in [5, 5.41) is 15.8. The van der Waals surface area contributed by atoms with E-state index in [1.54, 1.807) is 6.20 Å². The van der Waals surface area contributed by atoms with Gasteiger partial charge in [0.1, 0.15) is 11.1 Å². The minimum Gasteiger partial charge on any atom is -0.384 e. The van der Waals surface area contributed by atoms with E-state index < -0.39 is 6.10 Å². The minimum atomic E-state index is -0.410. The summed E-state index contributed by atoms with van der Waals surface area (Å²) in [5.41, 5.74) is 0. The van der Waals surface area contributed by atoms with Gasteiger partial charge in [-0.05, 0) is 19.4 Å². The number of nitrogens with zero attached hydrogens (tertiary/aromatic N) is 1. The Kier molecular flexibility index (Phi) is 2.39. The second-order valence-corrected chi connectivity index (χ2v) is 3.94. The van der Waals surface area contributed by atoms with Crippen molar-refractivity contribution in [2.24, 2.45) is 0 Å². The van der Waals surface area contributed by atoms with Crippen molar-refractivity contribution in [2.45, 2.75) is 25.0 Å². The summed E-state index contributed by atoms with van der Waals surface area (Å²) in [7, 11) is 0. The van der Waals surface area contributed by atoms with Crippen LogP contribution in [0.4, 0.5) is 0 Å². The van der Waals surface area contributed by atoms with E-state index in [1.165, 1.54) is 11.3 Å². The molecule has 1 aliphatic heterocycles. The van der Waals surface area contributed by atoms with Gasteiger partial charge in [0.25, 0.3) is 0 Å². The Morgan fingerprint density at radius 3 is 3.25 bits per heavy atom. The lowest BCUT2D eigenvalue weighted by atomic mass is 10.1. The van der Waals surface area contributed by atoms with E-state index >= 15 is 0 Å². The number of aliphatic hydroxyl groups is 1.